The molecule has 0 amide bonds. The molecule has 2 aromatic heterocycles. The highest BCUT2D eigenvalue weighted by Crippen LogP contribution is 2.34. The lowest BCUT2D eigenvalue weighted by molar-refractivity contribution is 0.610. The van der Waals surface area contributed by atoms with Crippen LogP contribution in [0.15, 0.2) is 53.6 Å². The molecular formula is C18H18N4O. The summed E-state index contributed by atoms with van der Waals surface area (Å²) < 4.78 is 1.70. The molecule has 23 heavy (non-hydrogen) atoms. The van der Waals surface area contributed by atoms with Gasteiger partial charge in [-0.2, -0.15) is 0 Å². The Balaban J connectivity index is 1.85. The molecule has 0 N–H and O–H groups in total. The number of aromatic nitrogens is 3. The van der Waals surface area contributed by atoms with Crippen molar-refractivity contribution in [3.05, 3.63) is 65.0 Å². The van der Waals surface area contributed by atoms with Crippen molar-refractivity contribution < 1.29 is 0 Å². The van der Waals surface area contributed by atoms with Crippen LogP contribution in [0.25, 0.3) is 10.9 Å². The minimum atomic E-state index is 0.0205. The molecule has 1 fully saturated rings. The molecule has 3 aromatic rings. The Morgan fingerprint density at radius 3 is 2.74 bits per heavy atom. The van der Waals surface area contributed by atoms with E-state index in [1.807, 2.05) is 43.4 Å². The van der Waals surface area contributed by atoms with E-state index in [4.69, 9.17) is 4.98 Å². The van der Waals surface area contributed by atoms with Gasteiger partial charge in [-0.05, 0) is 37.1 Å². The zero-order valence-corrected chi connectivity index (χ0v) is 13.0. The van der Waals surface area contributed by atoms with E-state index in [1.54, 1.807) is 17.0 Å². The topological polar surface area (TPSA) is 51.0 Å². The van der Waals surface area contributed by atoms with Gasteiger partial charge < -0.3 is 4.90 Å². The normalized spacial score (nSPS) is 17.8. The molecule has 1 aromatic carbocycles. The van der Waals surface area contributed by atoms with Gasteiger partial charge >= 0.3 is 0 Å². The summed E-state index contributed by atoms with van der Waals surface area (Å²) in [4.78, 5) is 23.8. The molecule has 0 spiro atoms. The van der Waals surface area contributed by atoms with Gasteiger partial charge in [0, 0.05) is 31.7 Å². The minimum Gasteiger partial charge on any atom is -0.361 e. The Bertz CT molecular complexity index is 904. The second kappa shape index (κ2) is 5.50. The highest BCUT2D eigenvalue weighted by atomic mass is 16.1. The molecule has 1 atom stereocenters. The number of anilines is 1. The minimum absolute atomic E-state index is 0.0205. The number of hydrogen-bond donors (Lipinski definition) is 0. The van der Waals surface area contributed by atoms with Crippen molar-refractivity contribution in [1.29, 1.82) is 0 Å². The molecule has 0 radical (unpaired) electrons. The molecule has 1 aliphatic heterocycles. The number of pyridine rings is 1. The fourth-order valence-electron chi connectivity index (χ4n) is 3.41. The van der Waals surface area contributed by atoms with Crippen molar-refractivity contribution in [2.24, 2.45) is 7.05 Å². The van der Waals surface area contributed by atoms with Gasteiger partial charge in [0.15, 0.2) is 0 Å². The number of nitrogens with zero attached hydrogens (tertiary/aromatic N) is 4. The number of benzene rings is 1. The quantitative estimate of drug-likeness (QED) is 0.730. The molecule has 1 aliphatic rings. The van der Waals surface area contributed by atoms with E-state index in [9.17, 15) is 4.79 Å². The summed E-state index contributed by atoms with van der Waals surface area (Å²) in [6.07, 6.45) is 5.70. The van der Waals surface area contributed by atoms with E-state index in [0.717, 1.165) is 36.4 Å². The smallest absolute Gasteiger partial charge is 0.261 e. The summed E-state index contributed by atoms with van der Waals surface area (Å²) in [6.45, 7) is 0.970. The van der Waals surface area contributed by atoms with Crippen molar-refractivity contribution in [3.63, 3.8) is 0 Å². The van der Waals surface area contributed by atoms with Crippen LogP contribution in [0.4, 0.5) is 5.69 Å². The van der Waals surface area contributed by atoms with Crippen LogP contribution in [0, 0.1) is 0 Å². The Morgan fingerprint density at radius 1 is 1.13 bits per heavy atom. The number of fused-ring (bicyclic) bond motifs is 1. The van der Waals surface area contributed by atoms with Crippen molar-refractivity contribution in [1.82, 2.24) is 14.5 Å². The Hall–Kier alpha value is -2.69. The average Bonchev–Trinajstić information content (AvgIpc) is 3.08. The standard InChI is InChI=1S/C18H18N4O/c1-21-17(20-15-6-3-2-5-14(15)18(21)23)16-7-4-12-22(16)13-8-10-19-11-9-13/h2-3,5-6,8-11,16H,4,7,12H2,1H3. The van der Waals surface area contributed by atoms with Crippen LogP contribution in [0.3, 0.4) is 0 Å². The fourth-order valence-corrected chi connectivity index (χ4v) is 3.41. The van der Waals surface area contributed by atoms with Crippen molar-refractivity contribution in [3.8, 4) is 0 Å². The molecule has 0 aliphatic carbocycles. The van der Waals surface area contributed by atoms with Crippen LogP contribution in [-0.4, -0.2) is 21.1 Å². The van der Waals surface area contributed by atoms with Crippen molar-refractivity contribution in [2.45, 2.75) is 18.9 Å². The van der Waals surface area contributed by atoms with E-state index in [1.165, 1.54) is 0 Å². The molecule has 4 rings (SSSR count). The predicted octanol–water partition coefficient (Wildman–Crippen LogP) is 2.67. The molecule has 1 unspecified atom stereocenters. The van der Waals surface area contributed by atoms with E-state index in [2.05, 4.69) is 9.88 Å². The summed E-state index contributed by atoms with van der Waals surface area (Å²) in [7, 11) is 1.82. The first kappa shape index (κ1) is 13.9. The maximum absolute atomic E-state index is 12.6. The lowest BCUT2D eigenvalue weighted by Gasteiger charge is -2.27. The Kier molecular flexibility index (Phi) is 3.33. The highest BCUT2D eigenvalue weighted by Gasteiger charge is 2.29. The summed E-state index contributed by atoms with van der Waals surface area (Å²) in [6, 6.07) is 11.7. The molecular weight excluding hydrogens is 288 g/mol. The van der Waals surface area contributed by atoms with Gasteiger partial charge in [0.2, 0.25) is 0 Å². The molecule has 0 saturated carbocycles. The molecule has 0 bridgehead atoms. The zero-order valence-electron chi connectivity index (χ0n) is 13.0. The van der Waals surface area contributed by atoms with Crippen LogP contribution in [0.1, 0.15) is 24.7 Å². The Morgan fingerprint density at radius 2 is 1.91 bits per heavy atom. The molecule has 3 heterocycles. The average molecular weight is 306 g/mol. The van der Waals surface area contributed by atoms with Gasteiger partial charge in [0.05, 0.1) is 16.9 Å². The third-order valence-electron chi connectivity index (χ3n) is 4.56. The van der Waals surface area contributed by atoms with Crippen LogP contribution < -0.4 is 10.5 Å². The lowest BCUT2D eigenvalue weighted by atomic mass is 10.1. The monoisotopic (exact) mass is 306 g/mol. The maximum atomic E-state index is 12.6. The number of rotatable bonds is 2. The zero-order chi connectivity index (χ0) is 15.8. The third kappa shape index (κ3) is 2.29. The van der Waals surface area contributed by atoms with Gasteiger partial charge in [-0.1, -0.05) is 12.1 Å². The first-order valence-electron chi connectivity index (χ1n) is 7.88. The summed E-state index contributed by atoms with van der Waals surface area (Å²) >= 11 is 0. The van der Waals surface area contributed by atoms with Gasteiger partial charge in [-0.3, -0.25) is 14.3 Å². The first-order valence-corrected chi connectivity index (χ1v) is 7.88. The fraction of sp³-hybridized carbons (Fsp3) is 0.278. The van der Waals surface area contributed by atoms with Crippen molar-refractivity contribution >= 4 is 16.6 Å². The highest BCUT2D eigenvalue weighted by molar-refractivity contribution is 5.77. The van der Waals surface area contributed by atoms with E-state index >= 15 is 0 Å². The Labute approximate surface area is 134 Å². The van der Waals surface area contributed by atoms with Crippen LogP contribution in [0.5, 0.6) is 0 Å². The molecule has 5 nitrogen and oxygen atoms in total. The van der Waals surface area contributed by atoms with Crippen molar-refractivity contribution in [2.75, 3.05) is 11.4 Å². The van der Waals surface area contributed by atoms with Gasteiger partial charge in [-0.15, -0.1) is 0 Å². The maximum Gasteiger partial charge on any atom is 0.261 e. The molecule has 5 heteroatoms. The van der Waals surface area contributed by atoms with Gasteiger partial charge in [0.25, 0.3) is 5.56 Å². The first-order chi connectivity index (χ1) is 11.3. The predicted molar refractivity (Wildman–Crippen MR) is 90.5 cm³/mol. The summed E-state index contributed by atoms with van der Waals surface area (Å²) in [5, 5.41) is 0.673. The van der Waals surface area contributed by atoms with Crippen LogP contribution >= 0.6 is 0 Å². The molecule has 116 valence electrons. The van der Waals surface area contributed by atoms with Gasteiger partial charge in [0.1, 0.15) is 5.82 Å². The number of hydrogen-bond acceptors (Lipinski definition) is 4. The SMILES string of the molecule is Cn1c(C2CCCN2c2ccncc2)nc2ccccc2c1=O. The summed E-state index contributed by atoms with van der Waals surface area (Å²) in [5.74, 6) is 0.836. The van der Waals surface area contributed by atoms with Gasteiger partial charge in [-0.25, -0.2) is 4.98 Å². The molecule has 1 saturated heterocycles. The van der Waals surface area contributed by atoms with Crippen LogP contribution in [0.2, 0.25) is 0 Å². The van der Waals surface area contributed by atoms with Crippen LogP contribution in [-0.2, 0) is 7.05 Å². The summed E-state index contributed by atoms with van der Waals surface area (Å²) in [5.41, 5.74) is 1.92. The third-order valence-corrected chi connectivity index (χ3v) is 4.56. The largest absolute Gasteiger partial charge is 0.361 e. The van der Waals surface area contributed by atoms with E-state index < -0.39 is 0 Å². The second-order valence-corrected chi connectivity index (χ2v) is 5.91. The van der Waals surface area contributed by atoms with E-state index in [0.29, 0.717) is 5.39 Å². The number of para-hydroxylation sites is 1. The lowest BCUT2D eigenvalue weighted by Crippen LogP contribution is -2.30. The second-order valence-electron chi connectivity index (χ2n) is 5.91. The van der Waals surface area contributed by atoms with E-state index in [-0.39, 0.29) is 11.6 Å².